The second-order valence-corrected chi connectivity index (χ2v) is 7.24. The summed E-state index contributed by atoms with van der Waals surface area (Å²) in [4.78, 5) is 25.8. The minimum Gasteiger partial charge on any atom is -0.422 e. The van der Waals surface area contributed by atoms with Crippen molar-refractivity contribution >= 4 is 11.9 Å². The van der Waals surface area contributed by atoms with Crippen molar-refractivity contribution < 1.29 is 19.1 Å². The highest BCUT2D eigenvalue weighted by Crippen LogP contribution is 2.43. The van der Waals surface area contributed by atoms with Crippen molar-refractivity contribution in [1.29, 1.82) is 0 Å². The zero-order valence-corrected chi connectivity index (χ0v) is 14.9. The number of carbonyl (C=O) groups is 2. The number of carbonyl (C=O) groups excluding carboxylic acids is 2. The van der Waals surface area contributed by atoms with Crippen LogP contribution in [0.5, 0.6) is 0 Å². The molecule has 6 nitrogen and oxygen atoms in total. The molecule has 26 heavy (non-hydrogen) atoms. The van der Waals surface area contributed by atoms with Gasteiger partial charge in [-0.2, -0.15) is 0 Å². The predicted octanol–water partition coefficient (Wildman–Crippen LogP) is 2.24. The Morgan fingerprint density at radius 2 is 1.69 bits per heavy atom. The highest BCUT2D eigenvalue weighted by molar-refractivity contribution is 6.02. The molecule has 3 aliphatic rings. The van der Waals surface area contributed by atoms with Crippen molar-refractivity contribution in [1.82, 2.24) is 0 Å². The summed E-state index contributed by atoms with van der Waals surface area (Å²) in [6, 6.07) is 0. The molecular formula is C20H22N2O4. The van der Waals surface area contributed by atoms with Gasteiger partial charge in [0.1, 0.15) is 0 Å². The van der Waals surface area contributed by atoms with E-state index in [0.717, 1.165) is 11.3 Å². The molecule has 0 aromatic rings. The summed E-state index contributed by atoms with van der Waals surface area (Å²) < 4.78 is 10.8. The molecule has 0 bridgehead atoms. The van der Waals surface area contributed by atoms with Crippen molar-refractivity contribution in [3.8, 4) is 0 Å². The summed E-state index contributed by atoms with van der Waals surface area (Å²) in [5.74, 6) is -2.46. The average Bonchev–Trinajstić information content (AvgIpc) is 2.56. The fourth-order valence-corrected chi connectivity index (χ4v) is 3.18. The first-order valence-corrected chi connectivity index (χ1v) is 8.49. The highest BCUT2D eigenvalue weighted by Gasteiger charge is 2.56. The van der Waals surface area contributed by atoms with Crippen molar-refractivity contribution in [2.45, 2.75) is 45.3 Å². The van der Waals surface area contributed by atoms with E-state index in [1.54, 1.807) is 32.1 Å². The van der Waals surface area contributed by atoms with Gasteiger partial charge in [-0.15, -0.1) is 0 Å². The predicted molar refractivity (Wildman–Crippen MR) is 94.9 cm³/mol. The van der Waals surface area contributed by atoms with E-state index in [1.807, 2.05) is 6.08 Å². The van der Waals surface area contributed by atoms with E-state index in [2.05, 4.69) is 11.5 Å². The fourth-order valence-electron chi connectivity index (χ4n) is 3.18. The van der Waals surface area contributed by atoms with Gasteiger partial charge in [-0.25, -0.2) is 0 Å². The molecule has 0 radical (unpaired) electrons. The molecule has 0 unspecified atom stereocenters. The Balaban J connectivity index is 1.99. The molecule has 0 aromatic heterocycles. The van der Waals surface area contributed by atoms with E-state index in [4.69, 9.17) is 20.9 Å². The van der Waals surface area contributed by atoms with Gasteiger partial charge in [0.15, 0.2) is 5.41 Å². The van der Waals surface area contributed by atoms with Crippen LogP contribution in [0.4, 0.5) is 0 Å². The number of allylic oxidation sites excluding steroid dienone is 7. The molecule has 0 atom stereocenters. The van der Waals surface area contributed by atoms with Crippen LogP contribution in [0.15, 0.2) is 58.3 Å². The minimum atomic E-state index is -1.46. The van der Waals surface area contributed by atoms with Gasteiger partial charge in [0.2, 0.25) is 0 Å². The molecule has 0 spiro atoms. The van der Waals surface area contributed by atoms with Crippen LogP contribution < -0.4 is 11.5 Å². The first-order valence-electron chi connectivity index (χ1n) is 8.49. The molecule has 0 saturated carbocycles. The molecule has 2 aliphatic carbocycles. The van der Waals surface area contributed by atoms with E-state index in [-0.39, 0.29) is 12.8 Å². The Morgan fingerprint density at radius 3 is 2.23 bits per heavy atom. The summed E-state index contributed by atoms with van der Waals surface area (Å²) in [5.41, 5.74) is 18.5. The van der Waals surface area contributed by atoms with Gasteiger partial charge < -0.3 is 20.9 Å². The molecule has 6 heteroatoms. The Morgan fingerprint density at radius 1 is 1.00 bits per heavy atom. The standard InChI is InChI=1S/C20H22N2O4/c1-19(2)25-17(23)20(18(24)26-19,11-13-3-7-15(21)8-4-13)12-14-5-9-16(22)10-6-14/h3,5,7,9H,4,8,11-12,21-22H2,1-2H3. The minimum absolute atomic E-state index is 0.105. The third-order valence-corrected chi connectivity index (χ3v) is 4.58. The summed E-state index contributed by atoms with van der Waals surface area (Å²) in [7, 11) is 0. The molecule has 1 fully saturated rings. The van der Waals surface area contributed by atoms with Gasteiger partial charge in [0.05, 0.1) is 5.70 Å². The fraction of sp³-hybridized carbons (Fsp3) is 0.400. The Bertz CT molecular complexity index is 840. The van der Waals surface area contributed by atoms with Crippen molar-refractivity contribution in [2.24, 2.45) is 16.9 Å². The molecule has 1 saturated heterocycles. The summed E-state index contributed by atoms with van der Waals surface area (Å²) >= 11 is 0. The number of hydrogen-bond acceptors (Lipinski definition) is 6. The van der Waals surface area contributed by atoms with Gasteiger partial charge in [0.25, 0.3) is 5.79 Å². The maximum Gasteiger partial charge on any atom is 0.327 e. The first kappa shape index (κ1) is 17.9. The lowest BCUT2D eigenvalue weighted by atomic mass is 9.74. The molecule has 4 N–H and O–H groups in total. The molecule has 3 rings (SSSR count). The van der Waals surface area contributed by atoms with E-state index in [1.165, 1.54) is 0 Å². The third-order valence-electron chi connectivity index (χ3n) is 4.58. The van der Waals surface area contributed by atoms with Gasteiger partial charge >= 0.3 is 11.9 Å². The topological polar surface area (TPSA) is 105 Å². The van der Waals surface area contributed by atoms with Crippen LogP contribution in [0.2, 0.25) is 0 Å². The van der Waals surface area contributed by atoms with Gasteiger partial charge in [-0.05, 0) is 43.2 Å². The number of nitrogens with two attached hydrogens (primary N) is 2. The number of esters is 2. The Hall–Kier alpha value is -2.94. The van der Waals surface area contributed by atoms with Crippen LogP contribution >= 0.6 is 0 Å². The second-order valence-electron chi connectivity index (χ2n) is 7.24. The van der Waals surface area contributed by atoms with E-state index in [0.29, 0.717) is 24.1 Å². The molecule has 1 heterocycles. The van der Waals surface area contributed by atoms with Crippen LogP contribution in [-0.2, 0) is 19.1 Å². The number of rotatable bonds is 4. The first-order chi connectivity index (χ1) is 12.2. The van der Waals surface area contributed by atoms with E-state index < -0.39 is 23.1 Å². The normalized spacial score (nSPS) is 23.3. The summed E-state index contributed by atoms with van der Waals surface area (Å²) in [5, 5.41) is 0. The molecule has 0 aromatic carbocycles. The second kappa shape index (κ2) is 6.41. The van der Waals surface area contributed by atoms with Crippen molar-refractivity contribution in [2.75, 3.05) is 0 Å². The number of hydrogen-bond donors (Lipinski definition) is 2. The van der Waals surface area contributed by atoms with E-state index in [9.17, 15) is 9.59 Å². The van der Waals surface area contributed by atoms with Crippen molar-refractivity contribution in [3.05, 3.63) is 58.3 Å². The lowest BCUT2D eigenvalue weighted by Crippen LogP contribution is -2.54. The maximum absolute atomic E-state index is 12.9. The third kappa shape index (κ3) is 3.52. The van der Waals surface area contributed by atoms with Crippen LogP contribution in [0.25, 0.3) is 0 Å². The van der Waals surface area contributed by atoms with Crippen LogP contribution in [0.1, 0.15) is 39.5 Å². The van der Waals surface area contributed by atoms with Crippen molar-refractivity contribution in [3.63, 3.8) is 0 Å². The van der Waals surface area contributed by atoms with Gasteiger partial charge in [-0.1, -0.05) is 17.4 Å². The van der Waals surface area contributed by atoms with E-state index >= 15 is 0 Å². The smallest absolute Gasteiger partial charge is 0.327 e. The lowest BCUT2D eigenvalue weighted by molar-refractivity contribution is -0.251. The van der Waals surface area contributed by atoms with Crippen LogP contribution in [0.3, 0.4) is 0 Å². The van der Waals surface area contributed by atoms with Gasteiger partial charge in [0, 0.05) is 31.5 Å². The lowest BCUT2D eigenvalue weighted by Gasteiger charge is -2.40. The Kier molecular flexibility index (Phi) is 4.41. The maximum atomic E-state index is 12.9. The highest BCUT2D eigenvalue weighted by atomic mass is 16.7. The number of cyclic esters (lactones) is 2. The molecule has 136 valence electrons. The Labute approximate surface area is 152 Å². The monoisotopic (exact) mass is 354 g/mol. The number of ether oxygens (including phenoxy) is 2. The van der Waals surface area contributed by atoms with Crippen LogP contribution in [0, 0.1) is 5.41 Å². The molecule has 0 amide bonds. The van der Waals surface area contributed by atoms with Gasteiger partial charge in [-0.3, -0.25) is 9.59 Å². The molecule has 1 aliphatic heterocycles. The van der Waals surface area contributed by atoms with Crippen LogP contribution in [-0.4, -0.2) is 17.7 Å². The zero-order valence-electron chi connectivity index (χ0n) is 14.9. The average molecular weight is 354 g/mol. The zero-order chi connectivity index (χ0) is 18.9. The largest absolute Gasteiger partial charge is 0.422 e. The SMILES string of the molecule is CC1(C)OC(=O)C(CC2=C=C=C(N)C=C2)(CC2=CC=C(N)CC2)C(=O)O1. The summed E-state index contributed by atoms with van der Waals surface area (Å²) in [6.07, 6.45) is 8.74. The molecular weight excluding hydrogens is 332 g/mol. The quantitative estimate of drug-likeness (QED) is 0.456. The summed E-state index contributed by atoms with van der Waals surface area (Å²) in [6.45, 7) is 3.08.